The van der Waals surface area contributed by atoms with Crippen molar-refractivity contribution in [3.05, 3.63) is 29.8 Å². The lowest BCUT2D eigenvalue weighted by Gasteiger charge is -2.08. The molecule has 0 radical (unpaired) electrons. The molecule has 110 valence electrons. The molecule has 5 heteroatoms. The summed E-state index contributed by atoms with van der Waals surface area (Å²) >= 11 is 0. The molecule has 0 saturated heterocycles. The summed E-state index contributed by atoms with van der Waals surface area (Å²) in [5.74, 6) is -0.814. The molecule has 0 fully saturated rings. The maximum Gasteiger partial charge on any atom is 0.341 e. The monoisotopic (exact) mass is 282 g/mol. The van der Waals surface area contributed by atoms with E-state index in [0.717, 1.165) is 12.8 Å². The lowest BCUT2D eigenvalue weighted by Crippen LogP contribution is -2.11. The summed E-state index contributed by atoms with van der Waals surface area (Å²) < 4.78 is 21.9. The Morgan fingerprint density at radius 1 is 1.10 bits per heavy atom. The van der Waals surface area contributed by atoms with Gasteiger partial charge in [0.1, 0.15) is 11.3 Å². The van der Waals surface area contributed by atoms with E-state index < -0.39 is 11.9 Å². The van der Waals surface area contributed by atoms with Crippen molar-refractivity contribution in [2.45, 2.75) is 32.6 Å². The summed E-state index contributed by atoms with van der Waals surface area (Å²) in [5.41, 5.74) is 0.228. The Kier molecular flexibility index (Phi) is 7.32. The summed E-state index contributed by atoms with van der Waals surface area (Å²) in [6, 6.07) is 6.43. The summed E-state index contributed by atoms with van der Waals surface area (Å²) in [6.45, 7) is 1.24. The summed E-state index contributed by atoms with van der Waals surface area (Å²) in [5, 5.41) is 0. The van der Waals surface area contributed by atoms with Crippen molar-refractivity contribution in [1.29, 1.82) is 0 Å². The first-order valence-corrected chi connectivity index (χ1v) is 6.65. The number of carbonyl (C=O) groups is 2. The van der Waals surface area contributed by atoms with Gasteiger partial charge in [0.2, 0.25) is 0 Å². The maximum absolute atomic E-state index is 11.9. The summed E-state index contributed by atoms with van der Waals surface area (Å²) in [7, 11) is 0. The minimum atomic E-state index is -0.521. The Morgan fingerprint density at radius 2 is 1.80 bits per heavy atom. The van der Waals surface area contributed by atoms with Crippen LogP contribution in [-0.4, -0.2) is 25.2 Å². The molecule has 0 aliphatic rings. The quantitative estimate of drug-likeness (QED) is 0.417. The smallest absolute Gasteiger partial charge is 0.341 e. The Balaban J connectivity index is 2.45. The van der Waals surface area contributed by atoms with E-state index in [9.17, 15) is 14.0 Å². The van der Waals surface area contributed by atoms with Crippen LogP contribution in [-0.2, 0) is 9.53 Å². The number of ether oxygens (including phenoxy) is 2. The van der Waals surface area contributed by atoms with Gasteiger partial charge < -0.3 is 9.47 Å². The molecule has 0 bridgehead atoms. The van der Waals surface area contributed by atoms with Crippen LogP contribution in [0.5, 0.6) is 5.75 Å². The van der Waals surface area contributed by atoms with E-state index in [2.05, 4.69) is 0 Å². The number of carbonyl (C=O) groups excluding carboxylic acids is 2. The van der Waals surface area contributed by atoms with Crippen molar-refractivity contribution >= 4 is 11.9 Å². The van der Waals surface area contributed by atoms with Crippen molar-refractivity contribution in [2.24, 2.45) is 0 Å². The SMILES string of the molecule is CC(=O)Oc1ccccc1C(=O)OCCCCCCF. The maximum atomic E-state index is 11.9. The zero-order valence-corrected chi connectivity index (χ0v) is 11.6. The molecule has 0 aromatic heterocycles. The number of rotatable bonds is 8. The average molecular weight is 282 g/mol. The molecule has 1 aromatic carbocycles. The predicted molar refractivity (Wildman–Crippen MR) is 72.5 cm³/mol. The van der Waals surface area contributed by atoms with Crippen LogP contribution >= 0.6 is 0 Å². The van der Waals surface area contributed by atoms with Crippen molar-refractivity contribution < 1.29 is 23.5 Å². The number of unbranched alkanes of at least 4 members (excludes halogenated alkanes) is 3. The molecule has 0 unspecified atom stereocenters. The molecule has 0 N–H and O–H groups in total. The highest BCUT2D eigenvalue weighted by molar-refractivity contribution is 5.93. The van der Waals surface area contributed by atoms with Gasteiger partial charge >= 0.3 is 11.9 Å². The van der Waals surface area contributed by atoms with Crippen molar-refractivity contribution in [3.63, 3.8) is 0 Å². The van der Waals surface area contributed by atoms with Crippen LogP contribution in [0.2, 0.25) is 0 Å². The number of esters is 2. The van der Waals surface area contributed by atoms with Gasteiger partial charge in [0.05, 0.1) is 13.3 Å². The molecule has 4 nitrogen and oxygen atoms in total. The second kappa shape index (κ2) is 9.07. The highest BCUT2D eigenvalue weighted by Gasteiger charge is 2.14. The lowest BCUT2D eigenvalue weighted by molar-refractivity contribution is -0.131. The third kappa shape index (κ3) is 5.82. The van der Waals surface area contributed by atoms with E-state index in [0.29, 0.717) is 12.8 Å². The van der Waals surface area contributed by atoms with Gasteiger partial charge in [-0.1, -0.05) is 18.6 Å². The first-order chi connectivity index (χ1) is 9.65. The Labute approximate surface area is 117 Å². The lowest BCUT2D eigenvalue weighted by atomic mass is 10.2. The first-order valence-electron chi connectivity index (χ1n) is 6.65. The molecule has 0 aliphatic carbocycles. The van der Waals surface area contributed by atoms with Crippen molar-refractivity contribution in [3.8, 4) is 5.75 Å². The van der Waals surface area contributed by atoms with Gasteiger partial charge in [0, 0.05) is 6.92 Å². The molecule has 0 atom stereocenters. The van der Waals surface area contributed by atoms with E-state index in [-0.39, 0.29) is 24.6 Å². The molecule has 20 heavy (non-hydrogen) atoms. The number of benzene rings is 1. The fourth-order valence-corrected chi connectivity index (χ4v) is 1.67. The van der Waals surface area contributed by atoms with E-state index in [4.69, 9.17) is 9.47 Å². The number of para-hydroxylation sites is 1. The van der Waals surface area contributed by atoms with Crippen LogP contribution in [0.4, 0.5) is 4.39 Å². The van der Waals surface area contributed by atoms with Crippen molar-refractivity contribution in [1.82, 2.24) is 0 Å². The van der Waals surface area contributed by atoms with Gasteiger partial charge in [-0.3, -0.25) is 9.18 Å². The van der Waals surface area contributed by atoms with Crippen LogP contribution in [0.1, 0.15) is 43.0 Å². The van der Waals surface area contributed by atoms with Crippen LogP contribution in [0.25, 0.3) is 0 Å². The standard InChI is InChI=1S/C15H19FO4/c1-12(17)20-14-9-5-4-8-13(14)15(18)19-11-7-3-2-6-10-16/h4-5,8-9H,2-3,6-7,10-11H2,1H3. The largest absolute Gasteiger partial charge is 0.462 e. The molecule has 0 aliphatic heterocycles. The molecular weight excluding hydrogens is 263 g/mol. The van der Waals surface area contributed by atoms with Gasteiger partial charge in [-0.25, -0.2) is 4.79 Å². The van der Waals surface area contributed by atoms with Gasteiger partial charge in [0.25, 0.3) is 0 Å². The number of hydrogen-bond acceptors (Lipinski definition) is 4. The second-order valence-electron chi connectivity index (χ2n) is 4.33. The minimum absolute atomic E-state index is 0.197. The Bertz CT molecular complexity index is 445. The van der Waals surface area contributed by atoms with Gasteiger partial charge in [0.15, 0.2) is 0 Å². The third-order valence-electron chi connectivity index (χ3n) is 2.62. The molecule has 1 aromatic rings. The molecule has 0 heterocycles. The Morgan fingerprint density at radius 3 is 2.50 bits per heavy atom. The molecule has 0 saturated carbocycles. The average Bonchev–Trinajstić information content (AvgIpc) is 2.42. The normalized spacial score (nSPS) is 10.1. The summed E-state index contributed by atoms with van der Waals surface area (Å²) in [6.07, 6.45) is 2.85. The topological polar surface area (TPSA) is 52.6 Å². The highest BCUT2D eigenvalue weighted by Crippen LogP contribution is 2.19. The van der Waals surface area contributed by atoms with Crippen molar-refractivity contribution in [2.75, 3.05) is 13.3 Å². The van der Waals surface area contributed by atoms with Crippen LogP contribution in [0, 0.1) is 0 Å². The molecular formula is C15H19FO4. The fourth-order valence-electron chi connectivity index (χ4n) is 1.67. The van der Waals surface area contributed by atoms with Crippen LogP contribution in [0.3, 0.4) is 0 Å². The van der Waals surface area contributed by atoms with Gasteiger partial charge in [-0.2, -0.15) is 0 Å². The molecule has 0 amide bonds. The van der Waals surface area contributed by atoms with Gasteiger partial charge in [-0.05, 0) is 31.4 Å². The number of halogens is 1. The zero-order valence-electron chi connectivity index (χ0n) is 11.6. The summed E-state index contributed by atoms with van der Waals surface area (Å²) in [4.78, 5) is 22.8. The second-order valence-corrected chi connectivity index (χ2v) is 4.33. The van der Waals surface area contributed by atoms with Gasteiger partial charge in [-0.15, -0.1) is 0 Å². The van der Waals surface area contributed by atoms with Crippen LogP contribution in [0.15, 0.2) is 24.3 Å². The van der Waals surface area contributed by atoms with E-state index in [1.165, 1.54) is 6.92 Å². The van der Waals surface area contributed by atoms with E-state index in [1.54, 1.807) is 24.3 Å². The van der Waals surface area contributed by atoms with E-state index in [1.807, 2.05) is 0 Å². The third-order valence-corrected chi connectivity index (χ3v) is 2.62. The minimum Gasteiger partial charge on any atom is -0.462 e. The zero-order chi connectivity index (χ0) is 14.8. The first kappa shape index (κ1) is 16.1. The molecule has 0 spiro atoms. The highest BCUT2D eigenvalue weighted by atomic mass is 19.1. The molecule has 1 rings (SSSR count). The van der Waals surface area contributed by atoms with Crippen LogP contribution < -0.4 is 4.74 Å². The number of alkyl halides is 1. The Hall–Kier alpha value is -1.91. The predicted octanol–water partition coefficient (Wildman–Crippen LogP) is 3.30. The number of hydrogen-bond donors (Lipinski definition) is 0. The van der Waals surface area contributed by atoms with E-state index >= 15 is 0 Å². The fraction of sp³-hybridized carbons (Fsp3) is 0.467.